The fraction of sp³-hybridized carbons (Fsp3) is 0.538. The number of halogens is 1. The third-order valence-corrected chi connectivity index (χ3v) is 2.87. The molecule has 0 aliphatic rings. The molecule has 1 aromatic carbocycles. The van der Waals surface area contributed by atoms with Crippen LogP contribution in [0.1, 0.15) is 18.5 Å². The molecule has 18 heavy (non-hydrogen) atoms. The molecule has 0 bridgehead atoms. The van der Waals surface area contributed by atoms with Crippen LogP contribution in [0, 0.1) is 0 Å². The number of hydrogen-bond donors (Lipinski definition) is 1. The molecule has 0 aliphatic heterocycles. The minimum absolute atomic E-state index is 0.0630. The van der Waals surface area contributed by atoms with Crippen LogP contribution in [0.25, 0.3) is 0 Å². The second kappa shape index (κ2) is 8.48. The topological polar surface area (TPSA) is 53.7 Å². The second-order valence-electron chi connectivity index (χ2n) is 3.92. The molecule has 0 saturated carbocycles. The third-order valence-electron chi connectivity index (χ3n) is 2.38. The predicted molar refractivity (Wildman–Crippen MR) is 74.9 cm³/mol. The summed E-state index contributed by atoms with van der Waals surface area (Å²) in [7, 11) is 1.65. The Bertz CT molecular complexity index is 358. The van der Waals surface area contributed by atoms with Crippen LogP contribution in [0.4, 0.5) is 0 Å². The summed E-state index contributed by atoms with van der Waals surface area (Å²) in [5.41, 5.74) is 6.89. The number of methoxy groups -OCH3 is 1. The van der Waals surface area contributed by atoms with Crippen molar-refractivity contribution in [2.45, 2.75) is 13.0 Å². The molecule has 5 heteroatoms. The highest BCUT2D eigenvalue weighted by Crippen LogP contribution is 2.27. The lowest BCUT2D eigenvalue weighted by Crippen LogP contribution is -2.12. The number of hydrogen-bond acceptors (Lipinski definition) is 4. The third kappa shape index (κ3) is 5.35. The van der Waals surface area contributed by atoms with E-state index in [9.17, 15) is 0 Å². The van der Waals surface area contributed by atoms with Gasteiger partial charge in [0.05, 0.1) is 19.8 Å². The maximum absolute atomic E-state index is 5.90. The average Bonchev–Trinajstić information content (AvgIpc) is 2.35. The van der Waals surface area contributed by atoms with E-state index < -0.39 is 0 Å². The van der Waals surface area contributed by atoms with Gasteiger partial charge in [-0.05, 0) is 25.1 Å². The molecule has 0 saturated heterocycles. The Labute approximate surface area is 117 Å². The zero-order chi connectivity index (χ0) is 13.4. The lowest BCUT2D eigenvalue weighted by atomic mass is 10.1. The summed E-state index contributed by atoms with van der Waals surface area (Å²) >= 11 is 3.43. The first-order valence-corrected chi connectivity index (χ1v) is 6.69. The van der Waals surface area contributed by atoms with Gasteiger partial charge in [0.2, 0.25) is 0 Å². The van der Waals surface area contributed by atoms with Gasteiger partial charge >= 0.3 is 0 Å². The Hall–Kier alpha value is -0.620. The van der Waals surface area contributed by atoms with Crippen LogP contribution >= 0.6 is 15.9 Å². The van der Waals surface area contributed by atoms with Crippen molar-refractivity contribution in [3.63, 3.8) is 0 Å². The number of nitrogens with two attached hydrogens (primary N) is 1. The van der Waals surface area contributed by atoms with E-state index in [1.165, 1.54) is 0 Å². The van der Waals surface area contributed by atoms with E-state index >= 15 is 0 Å². The van der Waals surface area contributed by atoms with Crippen LogP contribution in [0.15, 0.2) is 22.7 Å². The fourth-order valence-electron chi connectivity index (χ4n) is 1.46. The van der Waals surface area contributed by atoms with E-state index in [2.05, 4.69) is 15.9 Å². The van der Waals surface area contributed by atoms with Gasteiger partial charge in [-0.1, -0.05) is 15.9 Å². The van der Waals surface area contributed by atoms with E-state index in [1.807, 2.05) is 25.1 Å². The van der Waals surface area contributed by atoms with Crippen LogP contribution in [-0.2, 0) is 9.47 Å². The van der Waals surface area contributed by atoms with Gasteiger partial charge in [-0.3, -0.25) is 0 Å². The van der Waals surface area contributed by atoms with Gasteiger partial charge in [-0.25, -0.2) is 0 Å². The van der Waals surface area contributed by atoms with Crippen molar-refractivity contribution in [3.8, 4) is 5.75 Å². The molecule has 0 fully saturated rings. The first-order chi connectivity index (χ1) is 8.65. The van der Waals surface area contributed by atoms with Gasteiger partial charge in [0.15, 0.2) is 0 Å². The van der Waals surface area contributed by atoms with Crippen molar-refractivity contribution in [1.29, 1.82) is 0 Å². The highest BCUT2D eigenvalue weighted by atomic mass is 79.9. The van der Waals surface area contributed by atoms with E-state index in [-0.39, 0.29) is 6.04 Å². The van der Waals surface area contributed by atoms with Gasteiger partial charge in [-0.2, -0.15) is 0 Å². The number of ether oxygens (including phenoxy) is 3. The summed E-state index contributed by atoms with van der Waals surface area (Å²) in [6.45, 7) is 4.16. The van der Waals surface area contributed by atoms with E-state index in [1.54, 1.807) is 7.11 Å². The highest BCUT2D eigenvalue weighted by Gasteiger charge is 2.08. The first kappa shape index (κ1) is 15.4. The molecule has 2 N–H and O–H groups in total. The Kier molecular flexibility index (Phi) is 7.27. The van der Waals surface area contributed by atoms with Gasteiger partial charge in [0.1, 0.15) is 12.4 Å². The Morgan fingerprint density at radius 3 is 2.61 bits per heavy atom. The zero-order valence-corrected chi connectivity index (χ0v) is 12.4. The summed E-state index contributed by atoms with van der Waals surface area (Å²) in [5.74, 6) is 0.809. The minimum Gasteiger partial charge on any atom is -0.491 e. The molecule has 0 aromatic heterocycles. The van der Waals surface area contributed by atoms with Crippen LogP contribution in [0.3, 0.4) is 0 Å². The molecule has 0 amide bonds. The average molecular weight is 318 g/mol. The largest absolute Gasteiger partial charge is 0.491 e. The normalized spacial score (nSPS) is 12.4. The lowest BCUT2D eigenvalue weighted by Gasteiger charge is -2.14. The van der Waals surface area contributed by atoms with Crippen LogP contribution in [-0.4, -0.2) is 33.5 Å². The van der Waals surface area contributed by atoms with Crippen molar-refractivity contribution in [1.82, 2.24) is 0 Å². The van der Waals surface area contributed by atoms with Crippen LogP contribution < -0.4 is 10.5 Å². The second-order valence-corrected chi connectivity index (χ2v) is 4.84. The van der Waals surface area contributed by atoms with Crippen LogP contribution in [0.2, 0.25) is 0 Å². The quantitative estimate of drug-likeness (QED) is 0.748. The molecule has 0 radical (unpaired) electrons. The van der Waals surface area contributed by atoms with Crippen LogP contribution in [0.5, 0.6) is 5.75 Å². The van der Waals surface area contributed by atoms with Crippen molar-refractivity contribution in [2.24, 2.45) is 5.73 Å². The minimum atomic E-state index is -0.0630. The molecule has 0 spiro atoms. The maximum Gasteiger partial charge on any atom is 0.124 e. The summed E-state index contributed by atoms with van der Waals surface area (Å²) in [5, 5.41) is 0. The van der Waals surface area contributed by atoms with Crippen molar-refractivity contribution >= 4 is 15.9 Å². The number of rotatable bonds is 8. The van der Waals surface area contributed by atoms with Crippen molar-refractivity contribution in [2.75, 3.05) is 33.5 Å². The Morgan fingerprint density at radius 1 is 1.22 bits per heavy atom. The molecule has 1 aromatic rings. The molecule has 4 nitrogen and oxygen atoms in total. The molecule has 1 unspecified atom stereocenters. The van der Waals surface area contributed by atoms with E-state index in [0.29, 0.717) is 26.4 Å². The maximum atomic E-state index is 5.90. The fourth-order valence-corrected chi connectivity index (χ4v) is 1.84. The number of benzene rings is 1. The molecule has 102 valence electrons. The van der Waals surface area contributed by atoms with E-state index in [4.69, 9.17) is 19.9 Å². The Morgan fingerprint density at radius 2 is 1.94 bits per heavy atom. The smallest absolute Gasteiger partial charge is 0.124 e. The van der Waals surface area contributed by atoms with Crippen molar-refractivity contribution in [3.05, 3.63) is 28.2 Å². The van der Waals surface area contributed by atoms with Crippen molar-refractivity contribution < 1.29 is 14.2 Å². The molecule has 1 atom stereocenters. The Balaban J connectivity index is 2.42. The monoisotopic (exact) mass is 317 g/mol. The molecular formula is C13H20BrNO3. The molecule has 1 rings (SSSR count). The summed E-state index contributed by atoms with van der Waals surface area (Å²) < 4.78 is 16.9. The SMILES string of the molecule is COCCOCCOc1ccc(Br)cc1C(C)N. The van der Waals surface area contributed by atoms with E-state index in [0.717, 1.165) is 15.8 Å². The van der Waals surface area contributed by atoms with Gasteiger partial charge < -0.3 is 19.9 Å². The highest BCUT2D eigenvalue weighted by molar-refractivity contribution is 9.10. The predicted octanol–water partition coefficient (Wildman–Crippen LogP) is 2.51. The molecule has 0 aliphatic carbocycles. The summed E-state index contributed by atoms with van der Waals surface area (Å²) in [6, 6.07) is 5.77. The standard InChI is InChI=1S/C13H20BrNO3/c1-10(15)12-9-11(14)3-4-13(12)18-8-7-17-6-5-16-2/h3-4,9-10H,5-8,15H2,1-2H3. The first-order valence-electron chi connectivity index (χ1n) is 5.89. The summed E-state index contributed by atoms with van der Waals surface area (Å²) in [4.78, 5) is 0. The van der Waals surface area contributed by atoms with Gasteiger partial charge in [0.25, 0.3) is 0 Å². The molecular weight excluding hydrogens is 298 g/mol. The zero-order valence-electron chi connectivity index (χ0n) is 10.8. The summed E-state index contributed by atoms with van der Waals surface area (Å²) in [6.07, 6.45) is 0. The molecule has 0 heterocycles. The van der Waals surface area contributed by atoms with Gasteiger partial charge in [-0.15, -0.1) is 0 Å². The van der Waals surface area contributed by atoms with Gasteiger partial charge in [0, 0.05) is 23.2 Å². The lowest BCUT2D eigenvalue weighted by molar-refractivity contribution is 0.0542.